The van der Waals surface area contributed by atoms with Gasteiger partial charge in [0.1, 0.15) is 11.3 Å². The van der Waals surface area contributed by atoms with Gasteiger partial charge in [-0.05, 0) is 61.4 Å². The summed E-state index contributed by atoms with van der Waals surface area (Å²) in [7, 11) is 0. The number of amides is 4. The van der Waals surface area contributed by atoms with Gasteiger partial charge < -0.3 is 4.74 Å². The fraction of sp³-hybridized carbons (Fsp3) is 0.190. The summed E-state index contributed by atoms with van der Waals surface area (Å²) in [5.74, 6) is -0.948. The number of halogens is 2. The number of carbonyl (C=O) groups is 3. The van der Waals surface area contributed by atoms with Crippen LogP contribution >= 0.6 is 27.5 Å². The molecule has 0 saturated carbocycles. The molecule has 3 rings (SSSR count). The van der Waals surface area contributed by atoms with Crippen LogP contribution in [0.2, 0.25) is 5.02 Å². The molecule has 1 aliphatic rings. The van der Waals surface area contributed by atoms with Crippen molar-refractivity contribution in [3.05, 3.63) is 63.1 Å². The van der Waals surface area contributed by atoms with Crippen LogP contribution in [0.25, 0.3) is 6.08 Å². The van der Waals surface area contributed by atoms with E-state index in [4.69, 9.17) is 16.3 Å². The Bertz CT molecular complexity index is 1000. The number of imide groups is 2. The van der Waals surface area contributed by atoms with E-state index in [2.05, 4.69) is 21.2 Å². The second kappa shape index (κ2) is 8.80. The van der Waals surface area contributed by atoms with Crippen LogP contribution in [0.5, 0.6) is 5.75 Å². The summed E-state index contributed by atoms with van der Waals surface area (Å²) < 4.78 is 6.52. The lowest BCUT2D eigenvalue weighted by atomic mass is 10.1. The quantitative estimate of drug-likeness (QED) is 0.488. The number of nitrogens with one attached hydrogen (secondary N) is 1. The van der Waals surface area contributed by atoms with Gasteiger partial charge in [0.2, 0.25) is 0 Å². The highest BCUT2D eigenvalue weighted by molar-refractivity contribution is 9.10. The maximum Gasteiger partial charge on any atom is 0.335 e. The van der Waals surface area contributed by atoms with Crippen LogP contribution in [0.1, 0.15) is 25.8 Å². The van der Waals surface area contributed by atoms with E-state index in [0.717, 1.165) is 15.8 Å². The van der Waals surface area contributed by atoms with Gasteiger partial charge in [-0.3, -0.25) is 14.9 Å². The van der Waals surface area contributed by atoms with Crippen molar-refractivity contribution < 1.29 is 19.1 Å². The molecule has 2 aromatic carbocycles. The maximum atomic E-state index is 12.9. The second-order valence-corrected chi connectivity index (χ2v) is 7.78. The molecule has 0 aliphatic carbocycles. The molecule has 4 amide bonds. The summed E-state index contributed by atoms with van der Waals surface area (Å²) in [4.78, 5) is 38.3. The molecule has 150 valence electrons. The number of benzene rings is 2. The zero-order valence-corrected chi connectivity index (χ0v) is 18.1. The third-order valence-electron chi connectivity index (χ3n) is 4.36. The molecule has 0 bridgehead atoms. The monoisotopic (exact) mass is 476 g/mol. The summed E-state index contributed by atoms with van der Waals surface area (Å²) in [5, 5.41) is 2.56. The van der Waals surface area contributed by atoms with Crippen molar-refractivity contribution in [1.29, 1.82) is 0 Å². The van der Waals surface area contributed by atoms with Gasteiger partial charge in [0.25, 0.3) is 11.8 Å². The SMILES string of the molecule is CCC(C)Oc1ccc(C=C2C(=O)NC(=O)N(c3ccc(Br)cc3)C2=O)cc1Cl. The van der Waals surface area contributed by atoms with E-state index in [0.29, 0.717) is 22.0 Å². The summed E-state index contributed by atoms with van der Waals surface area (Å²) >= 11 is 9.58. The largest absolute Gasteiger partial charge is 0.489 e. The number of urea groups is 1. The third-order valence-corrected chi connectivity index (χ3v) is 5.18. The molecule has 1 heterocycles. The Balaban J connectivity index is 1.92. The van der Waals surface area contributed by atoms with Gasteiger partial charge in [0, 0.05) is 4.47 Å². The van der Waals surface area contributed by atoms with Crippen LogP contribution in [-0.2, 0) is 9.59 Å². The van der Waals surface area contributed by atoms with E-state index in [1.165, 1.54) is 6.08 Å². The topological polar surface area (TPSA) is 75.7 Å². The van der Waals surface area contributed by atoms with Crippen molar-refractivity contribution in [3.8, 4) is 5.75 Å². The first-order chi connectivity index (χ1) is 13.8. The number of barbiturate groups is 1. The molecule has 1 unspecified atom stereocenters. The van der Waals surface area contributed by atoms with E-state index in [1.807, 2.05) is 13.8 Å². The Hall–Kier alpha value is -2.64. The molecule has 1 saturated heterocycles. The molecule has 0 aromatic heterocycles. The highest BCUT2D eigenvalue weighted by atomic mass is 79.9. The molecule has 1 N–H and O–H groups in total. The standard InChI is InChI=1S/C21H18BrClN2O4/c1-3-12(2)29-18-9-4-13(11-17(18)23)10-16-19(26)24-21(28)25(20(16)27)15-7-5-14(22)6-8-15/h4-12H,3H2,1-2H3,(H,24,26,28). The first-order valence-corrected chi connectivity index (χ1v) is 10.1. The Morgan fingerprint density at radius 2 is 1.86 bits per heavy atom. The first kappa shape index (κ1) is 21.1. The summed E-state index contributed by atoms with van der Waals surface area (Å²) in [5.41, 5.74) is 0.721. The molecule has 8 heteroatoms. The van der Waals surface area contributed by atoms with Crippen molar-refractivity contribution in [2.45, 2.75) is 26.4 Å². The Labute approximate surface area is 181 Å². The smallest absolute Gasteiger partial charge is 0.335 e. The Morgan fingerprint density at radius 3 is 2.48 bits per heavy atom. The molecule has 0 spiro atoms. The van der Waals surface area contributed by atoms with Crippen LogP contribution in [0.4, 0.5) is 10.5 Å². The van der Waals surface area contributed by atoms with E-state index in [9.17, 15) is 14.4 Å². The highest BCUT2D eigenvalue weighted by Gasteiger charge is 2.36. The summed E-state index contributed by atoms with van der Waals surface area (Å²) in [6.07, 6.45) is 2.24. The average Bonchev–Trinajstić information content (AvgIpc) is 2.68. The van der Waals surface area contributed by atoms with Crippen LogP contribution in [-0.4, -0.2) is 23.9 Å². The number of rotatable bonds is 5. The van der Waals surface area contributed by atoms with Gasteiger partial charge in [-0.1, -0.05) is 40.5 Å². The second-order valence-electron chi connectivity index (χ2n) is 6.46. The van der Waals surface area contributed by atoms with Crippen molar-refractivity contribution in [1.82, 2.24) is 5.32 Å². The minimum atomic E-state index is -0.796. The molecule has 0 radical (unpaired) electrons. The number of carbonyl (C=O) groups excluding carboxylic acids is 3. The Kier molecular flexibility index (Phi) is 6.39. The molecule has 1 fully saturated rings. The molecular weight excluding hydrogens is 460 g/mol. The number of hydrogen-bond donors (Lipinski definition) is 1. The van der Waals surface area contributed by atoms with Gasteiger partial charge in [-0.25, -0.2) is 9.69 Å². The van der Waals surface area contributed by atoms with Crippen molar-refractivity contribution in [2.24, 2.45) is 0 Å². The summed E-state index contributed by atoms with van der Waals surface area (Å²) in [6, 6.07) is 10.8. The predicted octanol–water partition coefficient (Wildman–Crippen LogP) is 4.95. The van der Waals surface area contributed by atoms with Crippen LogP contribution < -0.4 is 15.0 Å². The minimum Gasteiger partial charge on any atom is -0.489 e. The molecule has 1 atom stereocenters. The van der Waals surface area contributed by atoms with Gasteiger partial charge in [-0.2, -0.15) is 0 Å². The van der Waals surface area contributed by atoms with E-state index >= 15 is 0 Å². The van der Waals surface area contributed by atoms with E-state index in [-0.39, 0.29) is 11.7 Å². The number of ether oxygens (including phenoxy) is 1. The fourth-order valence-electron chi connectivity index (χ4n) is 2.65. The maximum absolute atomic E-state index is 12.9. The highest BCUT2D eigenvalue weighted by Crippen LogP contribution is 2.29. The first-order valence-electron chi connectivity index (χ1n) is 8.93. The zero-order chi connectivity index (χ0) is 21.1. The average molecular weight is 478 g/mol. The number of nitrogens with zero attached hydrogens (tertiary/aromatic N) is 1. The predicted molar refractivity (Wildman–Crippen MR) is 115 cm³/mol. The third kappa shape index (κ3) is 4.68. The number of hydrogen-bond acceptors (Lipinski definition) is 4. The van der Waals surface area contributed by atoms with Gasteiger partial charge in [0.15, 0.2) is 0 Å². The molecular formula is C21H18BrClN2O4. The molecule has 1 aliphatic heterocycles. The lowest BCUT2D eigenvalue weighted by Crippen LogP contribution is -2.54. The molecule has 6 nitrogen and oxygen atoms in total. The normalized spacial score (nSPS) is 16.8. The van der Waals surface area contributed by atoms with Crippen molar-refractivity contribution in [3.63, 3.8) is 0 Å². The van der Waals surface area contributed by atoms with Crippen LogP contribution in [0.3, 0.4) is 0 Å². The Morgan fingerprint density at radius 1 is 1.17 bits per heavy atom. The fourth-order valence-corrected chi connectivity index (χ4v) is 3.15. The van der Waals surface area contributed by atoms with Gasteiger partial charge >= 0.3 is 6.03 Å². The number of anilines is 1. The van der Waals surface area contributed by atoms with Crippen molar-refractivity contribution >= 4 is 57.1 Å². The van der Waals surface area contributed by atoms with Crippen LogP contribution in [0.15, 0.2) is 52.5 Å². The lowest BCUT2D eigenvalue weighted by molar-refractivity contribution is -0.122. The summed E-state index contributed by atoms with van der Waals surface area (Å²) in [6.45, 7) is 3.94. The van der Waals surface area contributed by atoms with E-state index in [1.54, 1.807) is 42.5 Å². The van der Waals surface area contributed by atoms with Gasteiger partial charge in [0.05, 0.1) is 16.8 Å². The van der Waals surface area contributed by atoms with Crippen LogP contribution in [0, 0.1) is 0 Å². The van der Waals surface area contributed by atoms with Crippen molar-refractivity contribution in [2.75, 3.05) is 4.90 Å². The molecule has 2 aromatic rings. The zero-order valence-electron chi connectivity index (χ0n) is 15.7. The van der Waals surface area contributed by atoms with Gasteiger partial charge in [-0.15, -0.1) is 0 Å². The van der Waals surface area contributed by atoms with E-state index < -0.39 is 17.8 Å². The molecule has 29 heavy (non-hydrogen) atoms. The minimum absolute atomic E-state index is 0.00730. The lowest BCUT2D eigenvalue weighted by Gasteiger charge is -2.26.